The van der Waals surface area contributed by atoms with Gasteiger partial charge >= 0.3 is 11.7 Å². The van der Waals surface area contributed by atoms with Crippen LogP contribution in [0, 0.1) is 10.1 Å². The number of carboxylic acid groups (broad SMARTS) is 1. The van der Waals surface area contributed by atoms with Crippen molar-refractivity contribution in [2.24, 2.45) is 0 Å². The van der Waals surface area contributed by atoms with E-state index in [2.05, 4.69) is 4.98 Å². The summed E-state index contributed by atoms with van der Waals surface area (Å²) in [5.74, 6) is -1.87. The van der Waals surface area contributed by atoms with Gasteiger partial charge in [-0.3, -0.25) is 15.1 Å². The van der Waals surface area contributed by atoms with Crippen LogP contribution in [0.2, 0.25) is 0 Å². The van der Waals surface area contributed by atoms with Gasteiger partial charge in [0.25, 0.3) is 6.43 Å². The number of carboxylic acids is 1. The molecule has 0 aliphatic carbocycles. The molecule has 9 heteroatoms. The number of nitrogens with zero attached hydrogens (tertiary/aromatic N) is 2. The molecule has 3 N–H and O–H groups in total. The number of alkyl halides is 2. The van der Waals surface area contributed by atoms with Crippen molar-refractivity contribution < 1.29 is 23.6 Å². The number of hydrogen-bond acceptors (Lipinski definition) is 5. The Morgan fingerprint density at radius 3 is 2.56 bits per heavy atom. The first kappa shape index (κ1) is 11.8. The van der Waals surface area contributed by atoms with E-state index in [0.29, 0.717) is 6.20 Å². The number of carbonyl (C=O) groups is 1. The van der Waals surface area contributed by atoms with E-state index in [1.54, 1.807) is 0 Å². The number of hydrogen-bond donors (Lipinski definition) is 2. The van der Waals surface area contributed by atoms with Crippen LogP contribution < -0.4 is 5.73 Å². The molecule has 1 aromatic heterocycles. The van der Waals surface area contributed by atoms with Gasteiger partial charge in [-0.2, -0.15) is 0 Å². The summed E-state index contributed by atoms with van der Waals surface area (Å²) in [7, 11) is 0. The lowest BCUT2D eigenvalue weighted by molar-refractivity contribution is -0.384. The van der Waals surface area contributed by atoms with Crippen molar-refractivity contribution in [3.05, 3.63) is 27.6 Å². The average Bonchev–Trinajstić information content (AvgIpc) is 2.15. The Bertz CT molecular complexity index is 463. The molecular formula is C7H5F2N3O4. The number of nitro groups is 1. The number of rotatable bonds is 3. The normalized spacial score (nSPS) is 10.4. The summed E-state index contributed by atoms with van der Waals surface area (Å²) in [5.41, 5.74) is 1.11. The van der Waals surface area contributed by atoms with Gasteiger partial charge in [-0.25, -0.2) is 13.6 Å². The largest absolute Gasteiger partial charge is 0.477 e. The highest BCUT2D eigenvalue weighted by Crippen LogP contribution is 2.32. The van der Waals surface area contributed by atoms with E-state index in [1.165, 1.54) is 0 Å². The van der Waals surface area contributed by atoms with Gasteiger partial charge in [0.1, 0.15) is 11.4 Å². The first-order valence-electron chi connectivity index (χ1n) is 3.80. The fraction of sp³-hybridized carbons (Fsp3) is 0.143. The molecule has 0 aromatic carbocycles. The standard InChI is InChI=1S/C7H5F2N3O4/c8-6(9)4-3(7(13)14)5(12(15)16)2(10)1-11-4/h1,6H,10H2,(H,13,14). The first-order chi connectivity index (χ1) is 7.36. The zero-order valence-electron chi connectivity index (χ0n) is 7.55. The van der Waals surface area contributed by atoms with Gasteiger partial charge in [-0.1, -0.05) is 0 Å². The predicted octanol–water partition coefficient (Wildman–Crippen LogP) is 1.21. The molecule has 0 radical (unpaired) electrons. The summed E-state index contributed by atoms with van der Waals surface area (Å²) in [6, 6.07) is 0. The highest BCUT2D eigenvalue weighted by molar-refractivity contribution is 5.96. The van der Waals surface area contributed by atoms with Crippen LogP contribution in [0.1, 0.15) is 22.5 Å². The molecule has 0 atom stereocenters. The SMILES string of the molecule is Nc1cnc(C(F)F)c(C(=O)O)c1[N+](=O)[O-]. The summed E-state index contributed by atoms with van der Waals surface area (Å²) < 4.78 is 24.7. The molecule has 0 fully saturated rings. The maximum atomic E-state index is 12.4. The number of aromatic nitrogens is 1. The van der Waals surface area contributed by atoms with Gasteiger partial charge in [0.05, 0.1) is 11.1 Å². The minimum absolute atomic E-state index is 0.577. The highest BCUT2D eigenvalue weighted by Gasteiger charge is 2.31. The monoisotopic (exact) mass is 233 g/mol. The Labute approximate surface area is 86.7 Å². The Morgan fingerprint density at radius 2 is 2.19 bits per heavy atom. The van der Waals surface area contributed by atoms with Gasteiger partial charge < -0.3 is 10.8 Å². The van der Waals surface area contributed by atoms with E-state index in [0.717, 1.165) is 0 Å². The summed E-state index contributed by atoms with van der Waals surface area (Å²) in [5, 5.41) is 19.1. The minimum Gasteiger partial charge on any atom is -0.477 e. The van der Waals surface area contributed by atoms with E-state index in [9.17, 15) is 23.7 Å². The van der Waals surface area contributed by atoms with E-state index in [4.69, 9.17) is 10.8 Å². The van der Waals surface area contributed by atoms with E-state index in [1.807, 2.05) is 0 Å². The lowest BCUT2D eigenvalue weighted by Crippen LogP contribution is -2.11. The summed E-state index contributed by atoms with van der Waals surface area (Å²) in [6.45, 7) is 0. The fourth-order valence-electron chi connectivity index (χ4n) is 1.10. The quantitative estimate of drug-likeness (QED) is 0.598. The van der Waals surface area contributed by atoms with Gasteiger partial charge in [-0.05, 0) is 0 Å². The van der Waals surface area contributed by atoms with Crippen LogP contribution in [-0.4, -0.2) is 21.0 Å². The maximum absolute atomic E-state index is 12.4. The highest BCUT2D eigenvalue weighted by atomic mass is 19.3. The van der Waals surface area contributed by atoms with Gasteiger partial charge in [-0.15, -0.1) is 0 Å². The molecule has 1 heterocycles. The van der Waals surface area contributed by atoms with Crippen molar-refractivity contribution in [2.75, 3.05) is 5.73 Å². The second-order valence-electron chi connectivity index (χ2n) is 2.69. The third-order valence-corrected chi connectivity index (χ3v) is 1.71. The molecule has 0 saturated carbocycles. The molecule has 0 amide bonds. The van der Waals surface area contributed by atoms with Crippen LogP contribution in [-0.2, 0) is 0 Å². The molecule has 0 aliphatic heterocycles. The lowest BCUT2D eigenvalue weighted by Gasteiger charge is -2.06. The van der Waals surface area contributed by atoms with Crippen LogP contribution in [0.3, 0.4) is 0 Å². The zero-order valence-corrected chi connectivity index (χ0v) is 7.55. The van der Waals surface area contributed by atoms with Crippen LogP contribution in [0.25, 0.3) is 0 Å². The number of aromatic carboxylic acids is 1. The van der Waals surface area contributed by atoms with E-state index in [-0.39, 0.29) is 0 Å². The molecule has 0 spiro atoms. The summed E-state index contributed by atoms with van der Waals surface area (Å²) in [4.78, 5) is 23.1. The van der Waals surface area contributed by atoms with Crippen LogP contribution in [0.5, 0.6) is 0 Å². The van der Waals surface area contributed by atoms with Crippen LogP contribution >= 0.6 is 0 Å². The Balaban J connectivity index is 3.63. The molecule has 86 valence electrons. The van der Waals surface area contributed by atoms with Crippen molar-refractivity contribution in [1.82, 2.24) is 4.98 Å². The molecule has 0 saturated heterocycles. The molecule has 0 unspecified atom stereocenters. The number of pyridine rings is 1. The van der Waals surface area contributed by atoms with Gasteiger partial charge in [0.15, 0.2) is 5.56 Å². The van der Waals surface area contributed by atoms with Crippen LogP contribution in [0.15, 0.2) is 6.20 Å². The maximum Gasteiger partial charge on any atom is 0.344 e. The number of nitrogen functional groups attached to an aromatic ring is 1. The predicted molar refractivity (Wildman–Crippen MR) is 47.2 cm³/mol. The van der Waals surface area contributed by atoms with Crippen LogP contribution in [0.4, 0.5) is 20.2 Å². The third-order valence-electron chi connectivity index (χ3n) is 1.71. The topological polar surface area (TPSA) is 119 Å². The second-order valence-corrected chi connectivity index (χ2v) is 2.69. The van der Waals surface area contributed by atoms with Crippen molar-refractivity contribution >= 4 is 17.3 Å². The Morgan fingerprint density at radius 1 is 1.62 bits per heavy atom. The second kappa shape index (κ2) is 4.04. The third kappa shape index (κ3) is 1.87. The minimum atomic E-state index is -3.23. The lowest BCUT2D eigenvalue weighted by atomic mass is 10.1. The number of anilines is 1. The number of halogens is 2. The molecule has 0 aliphatic rings. The smallest absolute Gasteiger partial charge is 0.344 e. The van der Waals surface area contributed by atoms with E-state index < -0.39 is 40.0 Å². The van der Waals surface area contributed by atoms with Crippen molar-refractivity contribution in [3.8, 4) is 0 Å². The van der Waals surface area contributed by atoms with E-state index >= 15 is 0 Å². The fourth-order valence-corrected chi connectivity index (χ4v) is 1.10. The zero-order chi connectivity index (χ0) is 12.5. The Hall–Kier alpha value is -2.32. The summed E-state index contributed by atoms with van der Waals surface area (Å²) in [6.07, 6.45) is -2.60. The van der Waals surface area contributed by atoms with Crippen molar-refractivity contribution in [3.63, 3.8) is 0 Å². The number of nitrogens with two attached hydrogens (primary N) is 1. The molecular weight excluding hydrogens is 228 g/mol. The first-order valence-corrected chi connectivity index (χ1v) is 3.80. The molecule has 1 aromatic rings. The molecule has 7 nitrogen and oxygen atoms in total. The van der Waals surface area contributed by atoms with Gasteiger partial charge in [0, 0.05) is 0 Å². The molecule has 1 rings (SSSR count). The Kier molecular flexibility index (Phi) is 2.97. The molecule has 0 bridgehead atoms. The van der Waals surface area contributed by atoms with Crippen molar-refractivity contribution in [1.29, 1.82) is 0 Å². The average molecular weight is 233 g/mol. The van der Waals surface area contributed by atoms with Gasteiger partial charge in [0.2, 0.25) is 0 Å². The molecule has 16 heavy (non-hydrogen) atoms. The summed E-state index contributed by atoms with van der Waals surface area (Å²) >= 11 is 0. The van der Waals surface area contributed by atoms with Crippen molar-refractivity contribution in [2.45, 2.75) is 6.43 Å².